The predicted octanol–water partition coefficient (Wildman–Crippen LogP) is 4.60. The van der Waals surface area contributed by atoms with Crippen LogP contribution in [0.5, 0.6) is 0 Å². The molecule has 152 valence electrons. The van der Waals surface area contributed by atoms with Crippen LogP contribution in [0.25, 0.3) is 11.4 Å². The molecule has 0 aliphatic heterocycles. The molecule has 0 aliphatic carbocycles. The van der Waals surface area contributed by atoms with Gasteiger partial charge < -0.3 is 9.42 Å². The first kappa shape index (κ1) is 20.7. The topological polar surface area (TPSA) is 59.2 Å². The number of carbonyl (C=O) groups is 1. The van der Waals surface area contributed by atoms with Crippen molar-refractivity contribution < 1.29 is 13.7 Å². The summed E-state index contributed by atoms with van der Waals surface area (Å²) in [6.07, 6.45) is 1.56. The van der Waals surface area contributed by atoms with Crippen LogP contribution in [0.2, 0.25) is 0 Å². The minimum atomic E-state index is -0.305. The fraction of sp³-hybridized carbons (Fsp3) is 0.348. The van der Waals surface area contributed by atoms with Crippen molar-refractivity contribution in [2.75, 3.05) is 6.54 Å². The first-order valence-electron chi connectivity index (χ1n) is 9.89. The van der Waals surface area contributed by atoms with Crippen LogP contribution in [-0.2, 0) is 17.6 Å². The highest BCUT2D eigenvalue weighted by atomic mass is 19.1. The lowest BCUT2D eigenvalue weighted by molar-refractivity contribution is -0.132. The Hall–Kier alpha value is -3.02. The van der Waals surface area contributed by atoms with Gasteiger partial charge in [0, 0.05) is 24.6 Å². The number of carbonyl (C=O) groups excluding carboxylic acids is 1. The van der Waals surface area contributed by atoms with Gasteiger partial charge in [0.2, 0.25) is 17.6 Å². The van der Waals surface area contributed by atoms with Crippen LogP contribution in [0.4, 0.5) is 4.39 Å². The Bertz CT molecular complexity index is 936. The Morgan fingerprint density at radius 1 is 1.14 bits per heavy atom. The van der Waals surface area contributed by atoms with E-state index in [9.17, 15) is 9.18 Å². The van der Waals surface area contributed by atoms with Gasteiger partial charge in [-0.2, -0.15) is 4.98 Å². The lowest BCUT2D eigenvalue weighted by atomic mass is 10.1. The number of hydrogen-bond acceptors (Lipinski definition) is 4. The first-order valence-corrected chi connectivity index (χ1v) is 9.89. The molecule has 0 N–H and O–H groups in total. The van der Waals surface area contributed by atoms with E-state index in [1.807, 2.05) is 49.9 Å². The minimum absolute atomic E-state index is 0.00392. The van der Waals surface area contributed by atoms with Gasteiger partial charge in [-0.25, -0.2) is 4.39 Å². The van der Waals surface area contributed by atoms with Gasteiger partial charge in [-0.3, -0.25) is 4.79 Å². The van der Waals surface area contributed by atoms with Crippen LogP contribution in [0.1, 0.15) is 37.3 Å². The third-order valence-electron chi connectivity index (χ3n) is 5.06. The number of amides is 1. The fourth-order valence-electron chi connectivity index (χ4n) is 3.08. The molecular formula is C23H26FN3O2. The molecule has 1 atom stereocenters. The van der Waals surface area contributed by atoms with E-state index in [0.717, 1.165) is 17.5 Å². The molecule has 3 rings (SSSR count). The number of aryl methyl sites for hydroxylation is 1. The standard InChI is InChI=1S/C23H26FN3O2/c1-4-17(3)27(22(28)15-18-7-11-20(24)12-8-18)14-13-21-25-23(26-29-21)19-9-5-16(2)6-10-19/h5-12,17H,4,13-15H2,1-3H3. The van der Waals surface area contributed by atoms with E-state index in [1.165, 1.54) is 17.7 Å². The fourth-order valence-corrected chi connectivity index (χ4v) is 3.08. The highest BCUT2D eigenvalue weighted by Crippen LogP contribution is 2.17. The van der Waals surface area contributed by atoms with Gasteiger partial charge in [-0.15, -0.1) is 0 Å². The van der Waals surface area contributed by atoms with Crippen molar-refractivity contribution in [3.05, 3.63) is 71.4 Å². The molecular weight excluding hydrogens is 369 g/mol. The number of halogens is 1. The van der Waals surface area contributed by atoms with Gasteiger partial charge in [0.15, 0.2) is 0 Å². The predicted molar refractivity (Wildman–Crippen MR) is 110 cm³/mol. The molecule has 0 aliphatic rings. The van der Waals surface area contributed by atoms with Crippen LogP contribution in [0.3, 0.4) is 0 Å². The maximum Gasteiger partial charge on any atom is 0.228 e. The summed E-state index contributed by atoms with van der Waals surface area (Å²) < 4.78 is 18.5. The largest absolute Gasteiger partial charge is 0.339 e. The second kappa shape index (κ2) is 9.45. The van der Waals surface area contributed by atoms with Crippen molar-refractivity contribution in [3.8, 4) is 11.4 Å². The summed E-state index contributed by atoms with van der Waals surface area (Å²) in [7, 11) is 0. The van der Waals surface area contributed by atoms with Gasteiger partial charge in [-0.05, 0) is 38.0 Å². The summed E-state index contributed by atoms with van der Waals surface area (Å²) in [4.78, 5) is 19.1. The molecule has 3 aromatic rings. The summed E-state index contributed by atoms with van der Waals surface area (Å²) >= 11 is 0. The summed E-state index contributed by atoms with van der Waals surface area (Å²) in [5.41, 5.74) is 2.86. The summed E-state index contributed by atoms with van der Waals surface area (Å²) in [5, 5.41) is 4.05. The van der Waals surface area contributed by atoms with E-state index in [0.29, 0.717) is 24.7 Å². The maximum absolute atomic E-state index is 13.1. The number of rotatable bonds is 8. The van der Waals surface area contributed by atoms with Crippen LogP contribution in [-0.4, -0.2) is 33.5 Å². The number of nitrogens with zero attached hydrogens (tertiary/aromatic N) is 3. The molecule has 1 heterocycles. The van der Waals surface area contributed by atoms with Crippen LogP contribution < -0.4 is 0 Å². The highest BCUT2D eigenvalue weighted by Gasteiger charge is 2.20. The van der Waals surface area contributed by atoms with E-state index in [-0.39, 0.29) is 24.2 Å². The highest BCUT2D eigenvalue weighted by molar-refractivity contribution is 5.79. The molecule has 0 saturated carbocycles. The number of benzene rings is 2. The third kappa shape index (κ3) is 5.50. The molecule has 0 bridgehead atoms. The lowest BCUT2D eigenvalue weighted by Gasteiger charge is -2.28. The van der Waals surface area contributed by atoms with Gasteiger partial charge in [0.1, 0.15) is 5.82 Å². The Morgan fingerprint density at radius 3 is 2.48 bits per heavy atom. The zero-order valence-electron chi connectivity index (χ0n) is 17.1. The number of aromatic nitrogens is 2. The van der Waals surface area contributed by atoms with Gasteiger partial charge >= 0.3 is 0 Å². The van der Waals surface area contributed by atoms with Crippen LogP contribution >= 0.6 is 0 Å². The zero-order valence-corrected chi connectivity index (χ0v) is 17.1. The maximum atomic E-state index is 13.1. The summed E-state index contributed by atoms with van der Waals surface area (Å²) in [5.74, 6) is 0.751. The van der Waals surface area contributed by atoms with Crippen molar-refractivity contribution in [1.29, 1.82) is 0 Å². The molecule has 1 unspecified atom stereocenters. The number of hydrogen-bond donors (Lipinski definition) is 0. The van der Waals surface area contributed by atoms with Crippen molar-refractivity contribution in [3.63, 3.8) is 0 Å². The second-order valence-corrected chi connectivity index (χ2v) is 7.28. The van der Waals surface area contributed by atoms with Crippen molar-refractivity contribution in [2.45, 2.75) is 46.1 Å². The van der Waals surface area contributed by atoms with E-state index in [4.69, 9.17) is 4.52 Å². The van der Waals surface area contributed by atoms with Gasteiger partial charge in [0.25, 0.3) is 0 Å². The molecule has 1 amide bonds. The molecule has 6 heteroatoms. The normalized spacial score (nSPS) is 12.0. The molecule has 29 heavy (non-hydrogen) atoms. The Kier molecular flexibility index (Phi) is 6.75. The second-order valence-electron chi connectivity index (χ2n) is 7.28. The molecule has 2 aromatic carbocycles. The van der Waals surface area contributed by atoms with Crippen LogP contribution in [0.15, 0.2) is 53.1 Å². The lowest BCUT2D eigenvalue weighted by Crippen LogP contribution is -2.40. The molecule has 0 spiro atoms. The SMILES string of the molecule is CCC(C)N(CCc1nc(-c2ccc(C)cc2)no1)C(=O)Cc1ccc(F)cc1. The molecule has 5 nitrogen and oxygen atoms in total. The molecule has 0 radical (unpaired) electrons. The minimum Gasteiger partial charge on any atom is -0.339 e. The van der Waals surface area contributed by atoms with Crippen molar-refractivity contribution in [2.24, 2.45) is 0 Å². The van der Waals surface area contributed by atoms with Crippen LogP contribution in [0, 0.1) is 12.7 Å². The Balaban J connectivity index is 1.65. The Labute approximate surface area is 170 Å². The zero-order chi connectivity index (χ0) is 20.8. The van der Waals surface area contributed by atoms with Crippen molar-refractivity contribution in [1.82, 2.24) is 15.0 Å². The molecule has 0 saturated heterocycles. The molecule has 0 fully saturated rings. The van der Waals surface area contributed by atoms with Gasteiger partial charge in [-0.1, -0.05) is 54.0 Å². The monoisotopic (exact) mass is 395 g/mol. The average molecular weight is 395 g/mol. The van der Waals surface area contributed by atoms with E-state index in [2.05, 4.69) is 10.1 Å². The smallest absolute Gasteiger partial charge is 0.228 e. The van der Waals surface area contributed by atoms with E-state index < -0.39 is 0 Å². The Morgan fingerprint density at radius 2 is 1.83 bits per heavy atom. The van der Waals surface area contributed by atoms with E-state index >= 15 is 0 Å². The van der Waals surface area contributed by atoms with E-state index in [1.54, 1.807) is 12.1 Å². The molecule has 1 aromatic heterocycles. The summed E-state index contributed by atoms with van der Waals surface area (Å²) in [6, 6.07) is 14.1. The first-order chi connectivity index (χ1) is 14.0. The quantitative estimate of drug-likeness (QED) is 0.559. The average Bonchev–Trinajstić information content (AvgIpc) is 3.19. The van der Waals surface area contributed by atoms with Gasteiger partial charge in [0.05, 0.1) is 6.42 Å². The third-order valence-corrected chi connectivity index (χ3v) is 5.06. The summed E-state index contributed by atoms with van der Waals surface area (Å²) in [6.45, 7) is 6.58. The van der Waals surface area contributed by atoms with Crippen molar-refractivity contribution >= 4 is 5.91 Å².